The van der Waals surface area contributed by atoms with E-state index in [0.29, 0.717) is 30.0 Å². The molecular weight excluding hydrogens is 489 g/mol. The van der Waals surface area contributed by atoms with Gasteiger partial charge in [0.15, 0.2) is 0 Å². The molecular formula is C27H25F3N2O5. The van der Waals surface area contributed by atoms with E-state index in [9.17, 15) is 22.8 Å². The van der Waals surface area contributed by atoms with Crippen LogP contribution < -0.4 is 20.1 Å². The Morgan fingerprint density at radius 2 is 1.70 bits per heavy atom. The van der Waals surface area contributed by atoms with Gasteiger partial charge in [0.25, 0.3) is 0 Å². The minimum atomic E-state index is -4.60. The summed E-state index contributed by atoms with van der Waals surface area (Å²) in [6.45, 7) is 0.289. The molecule has 7 nitrogen and oxygen atoms in total. The first-order chi connectivity index (χ1) is 17.6. The molecule has 10 heteroatoms. The normalized spacial score (nSPS) is 13.7. The van der Waals surface area contributed by atoms with Crippen LogP contribution in [0.1, 0.15) is 28.7 Å². The van der Waals surface area contributed by atoms with Crippen molar-refractivity contribution in [3.05, 3.63) is 89.0 Å². The Labute approximate surface area is 211 Å². The molecule has 3 N–H and O–H groups in total. The number of carbonyl (C=O) groups is 2. The molecule has 1 amide bonds. The summed E-state index contributed by atoms with van der Waals surface area (Å²) in [6, 6.07) is 16.5. The van der Waals surface area contributed by atoms with E-state index in [2.05, 4.69) is 0 Å². The Hall–Kier alpha value is -4.05. The molecule has 0 saturated carbocycles. The summed E-state index contributed by atoms with van der Waals surface area (Å²) in [5.41, 5.74) is 7.11. The molecule has 0 saturated heterocycles. The molecule has 0 spiro atoms. The van der Waals surface area contributed by atoms with Gasteiger partial charge in [-0.2, -0.15) is 13.2 Å². The second-order valence-electron chi connectivity index (χ2n) is 8.63. The predicted octanol–water partition coefficient (Wildman–Crippen LogP) is 4.55. The molecule has 1 atom stereocenters. The Morgan fingerprint density at radius 3 is 2.41 bits per heavy atom. The summed E-state index contributed by atoms with van der Waals surface area (Å²) >= 11 is 0. The van der Waals surface area contributed by atoms with Gasteiger partial charge >= 0.3 is 12.1 Å². The number of fused-ring (bicyclic) bond motifs is 1. The van der Waals surface area contributed by atoms with E-state index in [1.165, 1.54) is 17.0 Å². The lowest BCUT2D eigenvalue weighted by molar-refractivity contribution is -0.140. The highest BCUT2D eigenvalue weighted by atomic mass is 19.4. The summed E-state index contributed by atoms with van der Waals surface area (Å²) in [5.74, 6) is -1.46. The maximum atomic E-state index is 13.7. The number of anilines is 1. The number of rotatable bonds is 9. The fourth-order valence-corrected chi connectivity index (χ4v) is 4.03. The maximum absolute atomic E-state index is 13.7. The third-order valence-corrected chi connectivity index (χ3v) is 5.95. The number of halogens is 3. The number of nitrogens with two attached hydrogens (primary N) is 1. The van der Waals surface area contributed by atoms with E-state index in [1.54, 1.807) is 42.5 Å². The highest BCUT2D eigenvalue weighted by molar-refractivity contribution is 5.97. The zero-order valence-electron chi connectivity index (χ0n) is 19.7. The first-order valence-corrected chi connectivity index (χ1v) is 11.5. The van der Waals surface area contributed by atoms with Gasteiger partial charge in [-0.05, 0) is 53.4 Å². The fraction of sp³-hybridized carbons (Fsp3) is 0.259. The van der Waals surface area contributed by atoms with Gasteiger partial charge in [-0.15, -0.1) is 0 Å². The van der Waals surface area contributed by atoms with E-state index in [1.807, 2.05) is 6.07 Å². The van der Waals surface area contributed by atoms with Gasteiger partial charge in [0, 0.05) is 12.2 Å². The SMILES string of the molecule is N[C@H](CC(=O)N1CCc2cc(OCc3ccc(OCc4ccccc4)c(C(F)(F)F)c3)ccc21)C(=O)O. The van der Waals surface area contributed by atoms with E-state index in [4.69, 9.17) is 20.3 Å². The van der Waals surface area contributed by atoms with Crippen LogP contribution in [-0.4, -0.2) is 29.6 Å². The number of nitrogens with zero attached hydrogens (tertiary/aromatic N) is 1. The number of hydrogen-bond donors (Lipinski definition) is 2. The maximum Gasteiger partial charge on any atom is 0.419 e. The number of alkyl halides is 3. The number of carbonyl (C=O) groups excluding carboxylic acids is 1. The lowest BCUT2D eigenvalue weighted by Crippen LogP contribution is -2.38. The topological polar surface area (TPSA) is 102 Å². The highest BCUT2D eigenvalue weighted by Crippen LogP contribution is 2.38. The van der Waals surface area contributed by atoms with Crippen LogP contribution in [0, 0.1) is 0 Å². The fourth-order valence-electron chi connectivity index (χ4n) is 4.03. The van der Waals surface area contributed by atoms with Crippen molar-refractivity contribution in [3.8, 4) is 11.5 Å². The van der Waals surface area contributed by atoms with Crippen LogP contribution in [0.2, 0.25) is 0 Å². The van der Waals surface area contributed by atoms with Gasteiger partial charge in [0.05, 0.1) is 12.0 Å². The summed E-state index contributed by atoms with van der Waals surface area (Å²) in [7, 11) is 0. The zero-order valence-corrected chi connectivity index (χ0v) is 19.7. The third kappa shape index (κ3) is 6.39. The van der Waals surface area contributed by atoms with Crippen molar-refractivity contribution >= 4 is 17.6 Å². The quantitative estimate of drug-likeness (QED) is 0.434. The standard InChI is InChI=1S/C27H25F3N2O5/c28-27(29,30)21-12-18(6-9-24(21)37-15-17-4-2-1-3-5-17)16-36-20-7-8-23-19(13-20)10-11-32(23)25(33)14-22(31)26(34)35/h1-9,12-13,22H,10-11,14-16,31H2,(H,34,35)/t22-/m1/s1. The van der Waals surface area contributed by atoms with Crippen molar-refractivity contribution in [2.75, 3.05) is 11.4 Å². The molecule has 4 rings (SSSR count). The average Bonchev–Trinajstić information content (AvgIpc) is 3.30. The number of carboxylic acids is 1. The van der Waals surface area contributed by atoms with E-state index in [0.717, 1.165) is 17.2 Å². The van der Waals surface area contributed by atoms with Crippen LogP contribution in [0.3, 0.4) is 0 Å². The van der Waals surface area contributed by atoms with Crippen LogP contribution in [0.5, 0.6) is 11.5 Å². The summed E-state index contributed by atoms with van der Waals surface area (Å²) < 4.78 is 52.3. The van der Waals surface area contributed by atoms with Gasteiger partial charge in [0.1, 0.15) is 30.8 Å². The number of benzene rings is 3. The van der Waals surface area contributed by atoms with Crippen LogP contribution in [0.4, 0.5) is 18.9 Å². The van der Waals surface area contributed by atoms with E-state index < -0.39 is 29.7 Å². The predicted molar refractivity (Wildman–Crippen MR) is 129 cm³/mol. The number of ether oxygens (including phenoxy) is 2. The molecule has 0 aromatic heterocycles. The van der Waals surface area contributed by atoms with Crippen molar-refractivity contribution in [3.63, 3.8) is 0 Å². The minimum absolute atomic E-state index is 0.0106. The second-order valence-corrected chi connectivity index (χ2v) is 8.63. The van der Waals surface area contributed by atoms with Crippen LogP contribution >= 0.6 is 0 Å². The number of carboxylic acid groups (broad SMARTS) is 1. The largest absolute Gasteiger partial charge is 0.489 e. The molecule has 1 aliphatic heterocycles. The Kier molecular flexibility index (Phi) is 7.68. The molecule has 0 radical (unpaired) electrons. The van der Waals surface area contributed by atoms with Crippen molar-refractivity contribution in [1.29, 1.82) is 0 Å². The Bertz CT molecular complexity index is 1280. The lowest BCUT2D eigenvalue weighted by atomic mass is 10.1. The molecule has 0 aliphatic carbocycles. The van der Waals surface area contributed by atoms with Gasteiger partial charge < -0.3 is 25.2 Å². The van der Waals surface area contributed by atoms with E-state index in [-0.39, 0.29) is 25.4 Å². The van der Waals surface area contributed by atoms with Gasteiger partial charge in [0.2, 0.25) is 5.91 Å². The third-order valence-electron chi connectivity index (χ3n) is 5.95. The molecule has 194 valence electrons. The summed E-state index contributed by atoms with van der Waals surface area (Å²) in [6.07, 6.45) is -4.39. The van der Waals surface area contributed by atoms with Crippen LogP contribution in [0.15, 0.2) is 66.7 Å². The first kappa shape index (κ1) is 26.0. The highest BCUT2D eigenvalue weighted by Gasteiger charge is 2.35. The zero-order chi connectivity index (χ0) is 26.6. The molecule has 0 unspecified atom stereocenters. The number of hydrogen-bond acceptors (Lipinski definition) is 5. The molecule has 3 aromatic carbocycles. The van der Waals surface area contributed by atoms with Crippen molar-refractivity contribution < 1.29 is 37.3 Å². The minimum Gasteiger partial charge on any atom is -0.489 e. The number of aliphatic carboxylic acids is 1. The Morgan fingerprint density at radius 1 is 0.973 bits per heavy atom. The number of amides is 1. The average molecular weight is 515 g/mol. The molecule has 3 aromatic rings. The van der Waals surface area contributed by atoms with Crippen LogP contribution in [0.25, 0.3) is 0 Å². The molecule has 0 fully saturated rings. The first-order valence-electron chi connectivity index (χ1n) is 11.5. The Balaban J connectivity index is 1.42. The monoisotopic (exact) mass is 514 g/mol. The molecule has 37 heavy (non-hydrogen) atoms. The molecule has 1 aliphatic rings. The summed E-state index contributed by atoms with van der Waals surface area (Å²) in [4.78, 5) is 24.8. The molecule has 1 heterocycles. The second kappa shape index (κ2) is 10.9. The van der Waals surface area contributed by atoms with E-state index >= 15 is 0 Å². The summed E-state index contributed by atoms with van der Waals surface area (Å²) in [5, 5.41) is 8.93. The molecule has 0 bridgehead atoms. The van der Waals surface area contributed by atoms with Crippen molar-refractivity contribution in [1.82, 2.24) is 0 Å². The lowest BCUT2D eigenvalue weighted by Gasteiger charge is -2.19. The smallest absolute Gasteiger partial charge is 0.419 e. The van der Waals surface area contributed by atoms with Crippen molar-refractivity contribution in [2.24, 2.45) is 5.73 Å². The van der Waals surface area contributed by atoms with Gasteiger partial charge in [-0.1, -0.05) is 36.4 Å². The van der Waals surface area contributed by atoms with Gasteiger partial charge in [-0.25, -0.2) is 0 Å². The van der Waals surface area contributed by atoms with Crippen LogP contribution in [-0.2, 0) is 35.4 Å². The van der Waals surface area contributed by atoms with Crippen molar-refractivity contribution in [2.45, 2.75) is 38.3 Å². The van der Waals surface area contributed by atoms with Gasteiger partial charge in [-0.3, -0.25) is 9.59 Å².